The maximum Gasteiger partial charge on any atom is 0.307 e. The molecule has 144 valence electrons. The molecule has 0 bridgehead atoms. The Morgan fingerprint density at radius 2 is 2.00 bits per heavy atom. The van der Waals surface area contributed by atoms with Crippen LogP contribution in [-0.4, -0.2) is 41.5 Å². The highest BCUT2D eigenvalue weighted by molar-refractivity contribution is 7.10. The Bertz CT molecular complexity index is 773. The van der Waals surface area contributed by atoms with Gasteiger partial charge in [0.15, 0.2) is 0 Å². The summed E-state index contributed by atoms with van der Waals surface area (Å²) in [5, 5.41) is 14.5. The molecule has 0 radical (unpaired) electrons. The smallest absolute Gasteiger partial charge is 0.307 e. The van der Waals surface area contributed by atoms with Gasteiger partial charge < -0.3 is 10.4 Å². The number of hydrogen-bond acceptors (Lipinski definition) is 4. The van der Waals surface area contributed by atoms with Gasteiger partial charge in [-0.25, -0.2) is 0 Å². The second kappa shape index (κ2) is 8.67. The van der Waals surface area contributed by atoms with E-state index < -0.39 is 11.9 Å². The Labute approximate surface area is 164 Å². The van der Waals surface area contributed by atoms with Crippen LogP contribution in [0.15, 0.2) is 41.8 Å². The van der Waals surface area contributed by atoms with Gasteiger partial charge in [-0.15, -0.1) is 11.3 Å². The third-order valence-electron chi connectivity index (χ3n) is 5.00. The van der Waals surface area contributed by atoms with Crippen LogP contribution >= 0.6 is 11.3 Å². The Morgan fingerprint density at radius 3 is 2.63 bits per heavy atom. The average molecular weight is 387 g/mol. The molecule has 1 aromatic carbocycles. The van der Waals surface area contributed by atoms with Gasteiger partial charge in [0.1, 0.15) is 0 Å². The molecule has 2 N–H and O–H groups in total. The number of nitrogens with one attached hydrogen (secondary N) is 1. The Balaban J connectivity index is 1.69. The fourth-order valence-electron chi connectivity index (χ4n) is 3.71. The zero-order valence-corrected chi connectivity index (χ0v) is 16.5. The average Bonchev–Trinajstić information content (AvgIpc) is 3.14. The number of carboxylic acids is 1. The largest absolute Gasteiger partial charge is 0.481 e. The lowest BCUT2D eigenvalue weighted by Crippen LogP contribution is -2.47. The van der Waals surface area contributed by atoms with Crippen molar-refractivity contribution in [3.8, 4) is 0 Å². The van der Waals surface area contributed by atoms with Crippen molar-refractivity contribution >= 4 is 23.2 Å². The number of carboxylic acid groups (broad SMARTS) is 1. The Hall–Kier alpha value is -2.18. The minimum absolute atomic E-state index is 0.0767. The van der Waals surface area contributed by atoms with Gasteiger partial charge in [0.05, 0.1) is 18.5 Å². The van der Waals surface area contributed by atoms with Crippen LogP contribution < -0.4 is 5.32 Å². The van der Waals surface area contributed by atoms with Crippen molar-refractivity contribution in [1.29, 1.82) is 0 Å². The molecule has 1 amide bonds. The SMILES string of the molecule is Cc1ccc(C(NC(=O)CN2CC(C)CC(C(=O)O)C2)c2cccs2)cc1. The van der Waals surface area contributed by atoms with E-state index in [0.717, 1.165) is 17.0 Å². The zero-order chi connectivity index (χ0) is 19.4. The molecule has 3 atom stereocenters. The van der Waals surface area contributed by atoms with Crippen LogP contribution in [0, 0.1) is 18.8 Å². The molecule has 2 aromatic rings. The molecule has 1 saturated heterocycles. The first kappa shape index (κ1) is 19.6. The number of amides is 1. The Morgan fingerprint density at radius 1 is 1.26 bits per heavy atom. The summed E-state index contributed by atoms with van der Waals surface area (Å²) in [6, 6.07) is 12.0. The number of nitrogens with zero attached hydrogens (tertiary/aromatic N) is 1. The lowest BCUT2D eigenvalue weighted by molar-refractivity contribution is -0.145. The number of aliphatic carboxylic acids is 1. The van der Waals surface area contributed by atoms with Crippen LogP contribution in [0.5, 0.6) is 0 Å². The van der Waals surface area contributed by atoms with Gasteiger partial charge in [0, 0.05) is 18.0 Å². The number of benzene rings is 1. The van der Waals surface area contributed by atoms with Gasteiger partial charge in [0.2, 0.25) is 5.91 Å². The summed E-state index contributed by atoms with van der Waals surface area (Å²) in [6.45, 7) is 5.49. The van der Waals surface area contributed by atoms with Crippen molar-refractivity contribution < 1.29 is 14.7 Å². The van der Waals surface area contributed by atoms with Gasteiger partial charge in [-0.1, -0.05) is 42.8 Å². The molecule has 3 rings (SSSR count). The number of likely N-dealkylation sites (tertiary alicyclic amines) is 1. The first-order valence-electron chi connectivity index (χ1n) is 9.27. The van der Waals surface area contributed by atoms with E-state index in [0.29, 0.717) is 13.0 Å². The van der Waals surface area contributed by atoms with Crippen molar-refractivity contribution in [2.24, 2.45) is 11.8 Å². The molecule has 0 spiro atoms. The number of rotatable bonds is 6. The van der Waals surface area contributed by atoms with Gasteiger partial charge in [-0.05, 0) is 36.3 Å². The zero-order valence-electron chi connectivity index (χ0n) is 15.7. The van der Waals surface area contributed by atoms with E-state index >= 15 is 0 Å². The predicted molar refractivity (Wildman–Crippen MR) is 107 cm³/mol. The predicted octanol–water partition coefficient (Wildman–Crippen LogP) is 3.30. The van der Waals surface area contributed by atoms with E-state index in [1.54, 1.807) is 11.3 Å². The monoisotopic (exact) mass is 386 g/mol. The highest BCUT2D eigenvalue weighted by Crippen LogP contribution is 2.27. The topological polar surface area (TPSA) is 69.6 Å². The summed E-state index contributed by atoms with van der Waals surface area (Å²) >= 11 is 1.62. The Kier molecular flexibility index (Phi) is 6.29. The van der Waals surface area contributed by atoms with E-state index in [4.69, 9.17) is 0 Å². The van der Waals surface area contributed by atoms with Crippen LogP contribution in [-0.2, 0) is 9.59 Å². The summed E-state index contributed by atoms with van der Waals surface area (Å²) in [5.74, 6) is -0.972. The van der Waals surface area contributed by atoms with Crippen molar-refractivity contribution in [3.05, 3.63) is 57.8 Å². The minimum Gasteiger partial charge on any atom is -0.481 e. The molecule has 1 aromatic heterocycles. The number of carbonyl (C=O) groups is 2. The van der Waals surface area contributed by atoms with Crippen LogP contribution in [0.25, 0.3) is 0 Å². The van der Waals surface area contributed by atoms with E-state index in [2.05, 4.69) is 5.32 Å². The molecular formula is C21H26N2O3S. The summed E-state index contributed by atoms with van der Waals surface area (Å²) in [6.07, 6.45) is 0.675. The van der Waals surface area contributed by atoms with Crippen LogP contribution in [0.4, 0.5) is 0 Å². The molecule has 6 heteroatoms. The molecule has 3 unspecified atom stereocenters. The number of piperidine rings is 1. The number of carbonyl (C=O) groups excluding carboxylic acids is 1. The first-order chi connectivity index (χ1) is 12.9. The third-order valence-corrected chi connectivity index (χ3v) is 5.93. The van der Waals surface area contributed by atoms with E-state index in [9.17, 15) is 14.7 Å². The van der Waals surface area contributed by atoms with Crippen LogP contribution in [0.3, 0.4) is 0 Å². The van der Waals surface area contributed by atoms with Crippen molar-refractivity contribution in [1.82, 2.24) is 10.2 Å². The number of hydrogen-bond donors (Lipinski definition) is 2. The third kappa shape index (κ3) is 5.17. The molecule has 1 fully saturated rings. The molecule has 0 saturated carbocycles. The van der Waals surface area contributed by atoms with Crippen LogP contribution in [0.2, 0.25) is 0 Å². The maximum atomic E-state index is 12.7. The summed E-state index contributed by atoms with van der Waals surface area (Å²) in [7, 11) is 0. The van der Waals surface area contributed by atoms with Gasteiger partial charge >= 0.3 is 5.97 Å². The molecule has 1 aliphatic rings. The second-order valence-electron chi connectivity index (χ2n) is 7.50. The van der Waals surface area contributed by atoms with E-state index in [1.165, 1.54) is 5.56 Å². The van der Waals surface area contributed by atoms with Crippen LogP contribution in [0.1, 0.15) is 35.4 Å². The molecular weight excluding hydrogens is 360 g/mol. The maximum absolute atomic E-state index is 12.7. The van der Waals surface area contributed by atoms with Gasteiger partial charge in [-0.3, -0.25) is 14.5 Å². The summed E-state index contributed by atoms with van der Waals surface area (Å²) in [5.41, 5.74) is 2.23. The minimum atomic E-state index is -0.775. The van der Waals surface area contributed by atoms with Crippen molar-refractivity contribution in [2.45, 2.75) is 26.3 Å². The molecule has 5 nitrogen and oxygen atoms in total. The van der Waals surface area contributed by atoms with Crippen molar-refractivity contribution in [2.75, 3.05) is 19.6 Å². The highest BCUT2D eigenvalue weighted by Gasteiger charge is 2.30. The molecule has 0 aliphatic carbocycles. The molecule has 1 aliphatic heterocycles. The van der Waals surface area contributed by atoms with Gasteiger partial charge in [0.25, 0.3) is 0 Å². The van der Waals surface area contributed by atoms with Crippen molar-refractivity contribution in [3.63, 3.8) is 0 Å². The second-order valence-corrected chi connectivity index (χ2v) is 8.48. The molecule has 2 heterocycles. The lowest BCUT2D eigenvalue weighted by atomic mass is 9.90. The lowest BCUT2D eigenvalue weighted by Gasteiger charge is -2.34. The summed E-state index contributed by atoms with van der Waals surface area (Å²) in [4.78, 5) is 27.1. The van der Waals surface area contributed by atoms with Gasteiger partial charge in [-0.2, -0.15) is 0 Å². The molecule has 27 heavy (non-hydrogen) atoms. The normalized spacial score (nSPS) is 21.6. The number of thiophene rings is 1. The van der Waals surface area contributed by atoms with E-state index in [1.807, 2.05) is 60.5 Å². The highest BCUT2D eigenvalue weighted by atomic mass is 32.1. The van der Waals surface area contributed by atoms with E-state index in [-0.39, 0.29) is 24.4 Å². The summed E-state index contributed by atoms with van der Waals surface area (Å²) < 4.78 is 0. The quantitative estimate of drug-likeness (QED) is 0.799. The fraction of sp³-hybridized carbons (Fsp3) is 0.429. The first-order valence-corrected chi connectivity index (χ1v) is 10.1. The number of aryl methyl sites for hydroxylation is 1. The fourth-order valence-corrected chi connectivity index (χ4v) is 4.52. The standard InChI is InChI=1S/C21H26N2O3S/c1-14-5-7-16(8-6-14)20(18-4-3-9-27-18)22-19(24)13-23-11-15(2)10-17(12-23)21(25)26/h3-9,15,17,20H,10-13H2,1-2H3,(H,22,24)(H,25,26).